The quantitative estimate of drug-likeness (QED) is 0.786. The third kappa shape index (κ3) is 5.60. The minimum atomic E-state index is 0.524. The Bertz CT molecular complexity index is 548. The maximum absolute atomic E-state index is 4.61. The summed E-state index contributed by atoms with van der Waals surface area (Å²) in [6, 6.07) is 9.37. The Morgan fingerprint density at radius 2 is 2.14 bits per heavy atom. The van der Waals surface area contributed by atoms with Gasteiger partial charge in [-0.2, -0.15) is 0 Å². The number of benzene rings is 1. The molecular weight excluding hydrogens is 276 g/mol. The third-order valence-electron chi connectivity index (χ3n) is 3.63. The molecule has 114 valence electrons. The normalized spacial score (nSPS) is 12.5. The van der Waals surface area contributed by atoms with Crippen molar-refractivity contribution < 1.29 is 0 Å². The van der Waals surface area contributed by atoms with Crippen LogP contribution in [0.4, 0.5) is 0 Å². The number of aryl methyl sites for hydroxylation is 3. The molecule has 1 aromatic carbocycles. The Hall–Kier alpha value is -1.19. The van der Waals surface area contributed by atoms with Crippen molar-refractivity contribution in [3.63, 3.8) is 0 Å². The van der Waals surface area contributed by atoms with Crippen molar-refractivity contribution in [2.24, 2.45) is 0 Å². The van der Waals surface area contributed by atoms with Crippen LogP contribution in [0.25, 0.3) is 0 Å². The van der Waals surface area contributed by atoms with Crippen molar-refractivity contribution in [2.45, 2.75) is 52.5 Å². The van der Waals surface area contributed by atoms with Gasteiger partial charge in [0.25, 0.3) is 0 Å². The van der Waals surface area contributed by atoms with Gasteiger partial charge in [0.15, 0.2) is 0 Å². The van der Waals surface area contributed by atoms with Crippen molar-refractivity contribution >= 4 is 11.3 Å². The maximum Gasteiger partial charge on any atom is 0.0943 e. The van der Waals surface area contributed by atoms with E-state index in [0.717, 1.165) is 25.1 Å². The lowest BCUT2D eigenvalue weighted by atomic mass is 10.0. The van der Waals surface area contributed by atoms with Crippen molar-refractivity contribution in [3.8, 4) is 0 Å². The van der Waals surface area contributed by atoms with E-state index >= 15 is 0 Å². The summed E-state index contributed by atoms with van der Waals surface area (Å²) >= 11 is 1.78. The number of nitrogens with one attached hydrogen (secondary N) is 1. The second-order valence-electron chi connectivity index (χ2n) is 5.77. The average molecular weight is 302 g/mol. The second kappa shape index (κ2) is 8.30. The molecule has 0 aliphatic rings. The molecule has 0 aliphatic carbocycles. The molecule has 1 aromatic heterocycles. The van der Waals surface area contributed by atoms with E-state index in [-0.39, 0.29) is 0 Å². The van der Waals surface area contributed by atoms with Gasteiger partial charge in [0.2, 0.25) is 0 Å². The van der Waals surface area contributed by atoms with Crippen LogP contribution in [-0.4, -0.2) is 17.6 Å². The molecule has 0 aliphatic heterocycles. The van der Waals surface area contributed by atoms with E-state index < -0.39 is 0 Å². The topological polar surface area (TPSA) is 24.9 Å². The Labute approximate surface area is 132 Å². The minimum Gasteiger partial charge on any atom is -0.314 e. The monoisotopic (exact) mass is 302 g/mol. The van der Waals surface area contributed by atoms with Gasteiger partial charge in [-0.05, 0) is 45.2 Å². The van der Waals surface area contributed by atoms with Gasteiger partial charge in [-0.3, -0.25) is 0 Å². The molecule has 0 fully saturated rings. The lowest BCUT2D eigenvalue weighted by Gasteiger charge is -2.17. The van der Waals surface area contributed by atoms with Crippen LogP contribution in [-0.2, 0) is 12.8 Å². The molecule has 1 N–H and O–H groups in total. The van der Waals surface area contributed by atoms with E-state index in [9.17, 15) is 0 Å². The summed E-state index contributed by atoms with van der Waals surface area (Å²) in [6.07, 6.45) is 4.53. The zero-order valence-electron chi connectivity index (χ0n) is 13.4. The highest BCUT2D eigenvalue weighted by molar-refractivity contribution is 7.09. The predicted octanol–water partition coefficient (Wildman–Crippen LogP) is 4.30. The van der Waals surface area contributed by atoms with Gasteiger partial charge < -0.3 is 5.32 Å². The first-order valence-corrected chi connectivity index (χ1v) is 8.75. The lowest BCUT2D eigenvalue weighted by Crippen LogP contribution is -2.32. The summed E-state index contributed by atoms with van der Waals surface area (Å²) in [5, 5.41) is 7.08. The van der Waals surface area contributed by atoms with Gasteiger partial charge in [-0.1, -0.05) is 36.8 Å². The molecule has 21 heavy (non-hydrogen) atoms. The summed E-state index contributed by atoms with van der Waals surface area (Å²) in [7, 11) is 0. The fourth-order valence-corrected chi connectivity index (χ4v) is 3.39. The standard InChI is InChI=1S/C18H26N2S/c1-4-10-19-17(12-18-20-15(3)13-21-18)9-8-16-7-5-6-14(2)11-16/h5-7,11,13,17,19H,4,8-10,12H2,1-3H3. The first-order valence-electron chi connectivity index (χ1n) is 7.87. The molecule has 0 saturated heterocycles. The molecular formula is C18H26N2S. The Morgan fingerprint density at radius 1 is 1.29 bits per heavy atom. The molecule has 1 atom stereocenters. The molecule has 2 aromatic rings. The number of hydrogen-bond donors (Lipinski definition) is 1. The molecule has 1 unspecified atom stereocenters. The fourth-order valence-electron chi connectivity index (χ4n) is 2.54. The number of thiazole rings is 1. The number of nitrogens with zero attached hydrogens (tertiary/aromatic N) is 1. The van der Waals surface area contributed by atoms with Crippen LogP contribution < -0.4 is 5.32 Å². The smallest absolute Gasteiger partial charge is 0.0943 e. The summed E-state index contributed by atoms with van der Waals surface area (Å²) in [4.78, 5) is 4.61. The van der Waals surface area contributed by atoms with Crippen molar-refractivity contribution in [1.82, 2.24) is 10.3 Å². The minimum absolute atomic E-state index is 0.524. The van der Waals surface area contributed by atoms with E-state index in [2.05, 4.69) is 60.7 Å². The second-order valence-corrected chi connectivity index (χ2v) is 6.71. The number of aromatic nitrogens is 1. The summed E-state index contributed by atoms with van der Waals surface area (Å²) in [5.41, 5.74) is 3.93. The largest absolute Gasteiger partial charge is 0.314 e. The Morgan fingerprint density at radius 3 is 2.81 bits per heavy atom. The van der Waals surface area contributed by atoms with E-state index in [1.165, 1.54) is 29.0 Å². The van der Waals surface area contributed by atoms with Gasteiger partial charge in [0, 0.05) is 23.5 Å². The van der Waals surface area contributed by atoms with Gasteiger partial charge in [-0.25, -0.2) is 4.98 Å². The highest BCUT2D eigenvalue weighted by atomic mass is 32.1. The van der Waals surface area contributed by atoms with Crippen LogP contribution >= 0.6 is 11.3 Å². The zero-order valence-corrected chi connectivity index (χ0v) is 14.2. The van der Waals surface area contributed by atoms with E-state index in [1.807, 2.05) is 0 Å². The molecule has 0 bridgehead atoms. The van der Waals surface area contributed by atoms with E-state index in [1.54, 1.807) is 11.3 Å². The zero-order chi connectivity index (χ0) is 15.1. The Kier molecular flexibility index (Phi) is 6.40. The Balaban J connectivity index is 1.92. The summed E-state index contributed by atoms with van der Waals surface area (Å²) < 4.78 is 0. The van der Waals surface area contributed by atoms with Crippen molar-refractivity contribution in [2.75, 3.05) is 6.54 Å². The van der Waals surface area contributed by atoms with Crippen molar-refractivity contribution in [1.29, 1.82) is 0 Å². The molecule has 0 saturated carbocycles. The van der Waals surface area contributed by atoms with Gasteiger partial charge >= 0.3 is 0 Å². The number of hydrogen-bond acceptors (Lipinski definition) is 3. The molecule has 0 radical (unpaired) electrons. The highest BCUT2D eigenvalue weighted by Gasteiger charge is 2.11. The molecule has 2 nitrogen and oxygen atoms in total. The van der Waals surface area contributed by atoms with Crippen LogP contribution in [0.5, 0.6) is 0 Å². The highest BCUT2D eigenvalue weighted by Crippen LogP contribution is 2.15. The molecule has 3 heteroatoms. The van der Waals surface area contributed by atoms with Crippen molar-refractivity contribution in [3.05, 3.63) is 51.5 Å². The van der Waals surface area contributed by atoms with Gasteiger partial charge in [-0.15, -0.1) is 11.3 Å². The summed E-state index contributed by atoms with van der Waals surface area (Å²) in [5.74, 6) is 0. The molecule has 2 rings (SSSR count). The van der Waals surface area contributed by atoms with E-state index in [4.69, 9.17) is 0 Å². The lowest BCUT2D eigenvalue weighted by molar-refractivity contribution is 0.476. The SMILES string of the molecule is CCCNC(CCc1cccc(C)c1)Cc1nc(C)cs1. The van der Waals surface area contributed by atoms with Gasteiger partial charge in [0.05, 0.1) is 5.01 Å². The fraction of sp³-hybridized carbons (Fsp3) is 0.500. The van der Waals surface area contributed by atoms with E-state index in [0.29, 0.717) is 6.04 Å². The average Bonchev–Trinajstić information content (AvgIpc) is 2.87. The first kappa shape index (κ1) is 16.2. The third-order valence-corrected chi connectivity index (χ3v) is 4.62. The maximum atomic E-state index is 4.61. The van der Waals surface area contributed by atoms with Crippen LogP contribution in [0.2, 0.25) is 0 Å². The van der Waals surface area contributed by atoms with Crippen LogP contribution in [0.3, 0.4) is 0 Å². The predicted molar refractivity (Wildman–Crippen MR) is 92.1 cm³/mol. The van der Waals surface area contributed by atoms with Gasteiger partial charge in [0.1, 0.15) is 0 Å². The number of rotatable bonds is 8. The molecule has 0 amide bonds. The van der Waals surface area contributed by atoms with Crippen LogP contribution in [0, 0.1) is 13.8 Å². The first-order chi connectivity index (χ1) is 10.2. The van der Waals surface area contributed by atoms with Crippen LogP contribution in [0.15, 0.2) is 29.6 Å². The molecule has 1 heterocycles. The summed E-state index contributed by atoms with van der Waals surface area (Å²) in [6.45, 7) is 7.54. The molecule has 0 spiro atoms. The van der Waals surface area contributed by atoms with Crippen LogP contribution in [0.1, 0.15) is 41.6 Å².